The number of hydrogen-bond acceptors (Lipinski definition) is 7. The van der Waals surface area contributed by atoms with Crippen molar-refractivity contribution in [2.24, 2.45) is 5.92 Å². The molecule has 1 atom stereocenters. The molecule has 1 unspecified atom stereocenters. The van der Waals surface area contributed by atoms with Crippen molar-refractivity contribution in [2.75, 3.05) is 47.8 Å². The van der Waals surface area contributed by atoms with Gasteiger partial charge in [0.05, 0.1) is 5.92 Å². The SMILES string of the molecule is Cc1ccnc(Nc2ccc(N3CCN(C(=O)C4CC(=O)N(c5cccc(Br)c5)C4)CC3)nn2)c1. The van der Waals surface area contributed by atoms with Crippen LogP contribution >= 0.6 is 15.9 Å². The third-order valence-corrected chi connectivity index (χ3v) is 6.82. The van der Waals surface area contributed by atoms with E-state index in [1.807, 2.05) is 60.4 Å². The van der Waals surface area contributed by atoms with Crippen molar-refractivity contribution in [3.8, 4) is 0 Å². The van der Waals surface area contributed by atoms with Crippen LogP contribution in [0.1, 0.15) is 12.0 Å². The lowest BCUT2D eigenvalue weighted by Gasteiger charge is -2.36. The first-order chi connectivity index (χ1) is 17.0. The molecule has 9 nitrogen and oxygen atoms in total. The van der Waals surface area contributed by atoms with Gasteiger partial charge in [-0.05, 0) is 55.0 Å². The largest absolute Gasteiger partial charge is 0.352 e. The van der Waals surface area contributed by atoms with E-state index in [2.05, 4.69) is 41.3 Å². The zero-order valence-corrected chi connectivity index (χ0v) is 21.0. The Morgan fingerprint density at radius 2 is 1.86 bits per heavy atom. The first-order valence-corrected chi connectivity index (χ1v) is 12.4. The fourth-order valence-electron chi connectivity index (χ4n) is 4.48. The van der Waals surface area contributed by atoms with E-state index in [1.54, 1.807) is 11.1 Å². The Balaban J connectivity index is 1.15. The summed E-state index contributed by atoms with van der Waals surface area (Å²) < 4.78 is 0.910. The molecule has 1 aromatic carbocycles. The zero-order chi connectivity index (χ0) is 24.4. The monoisotopic (exact) mass is 535 g/mol. The number of nitrogens with zero attached hydrogens (tertiary/aromatic N) is 6. The van der Waals surface area contributed by atoms with Gasteiger partial charge in [0.25, 0.3) is 0 Å². The van der Waals surface area contributed by atoms with Crippen LogP contribution in [0.25, 0.3) is 0 Å². The zero-order valence-electron chi connectivity index (χ0n) is 19.4. The summed E-state index contributed by atoms with van der Waals surface area (Å²) in [7, 11) is 0. The lowest BCUT2D eigenvalue weighted by molar-refractivity contribution is -0.136. The van der Waals surface area contributed by atoms with E-state index < -0.39 is 0 Å². The fraction of sp³-hybridized carbons (Fsp3) is 0.320. The average Bonchev–Trinajstić information content (AvgIpc) is 3.26. The molecule has 0 aliphatic carbocycles. The van der Waals surface area contributed by atoms with Gasteiger partial charge in [0.1, 0.15) is 5.82 Å². The summed E-state index contributed by atoms with van der Waals surface area (Å²) >= 11 is 3.45. The molecular weight excluding hydrogens is 510 g/mol. The molecule has 2 aliphatic heterocycles. The molecule has 0 radical (unpaired) electrons. The van der Waals surface area contributed by atoms with Crippen LogP contribution in [0.2, 0.25) is 0 Å². The number of hydrogen-bond donors (Lipinski definition) is 1. The van der Waals surface area contributed by atoms with E-state index >= 15 is 0 Å². The Kier molecular flexibility index (Phi) is 6.63. The number of pyridine rings is 1. The number of benzene rings is 1. The van der Waals surface area contributed by atoms with E-state index in [1.165, 1.54) is 0 Å². The van der Waals surface area contributed by atoms with Crippen molar-refractivity contribution in [3.05, 3.63) is 64.8 Å². The number of nitrogens with one attached hydrogen (secondary N) is 1. The lowest BCUT2D eigenvalue weighted by Crippen LogP contribution is -2.51. The highest BCUT2D eigenvalue weighted by Gasteiger charge is 2.38. The summed E-state index contributed by atoms with van der Waals surface area (Å²) in [6.45, 7) is 4.95. The van der Waals surface area contributed by atoms with E-state index in [0.29, 0.717) is 38.5 Å². The first kappa shape index (κ1) is 23.2. The van der Waals surface area contributed by atoms with E-state index in [0.717, 1.165) is 27.4 Å². The number of piperazine rings is 1. The van der Waals surface area contributed by atoms with Crippen molar-refractivity contribution in [1.29, 1.82) is 0 Å². The molecular formula is C25H26BrN7O2. The predicted octanol–water partition coefficient (Wildman–Crippen LogP) is 3.39. The van der Waals surface area contributed by atoms with Crippen molar-refractivity contribution in [2.45, 2.75) is 13.3 Å². The number of carbonyl (C=O) groups is 2. The highest BCUT2D eigenvalue weighted by molar-refractivity contribution is 9.10. The molecule has 4 heterocycles. The molecule has 1 N–H and O–H groups in total. The van der Waals surface area contributed by atoms with Crippen LogP contribution in [-0.4, -0.2) is 64.6 Å². The van der Waals surface area contributed by atoms with Crippen molar-refractivity contribution in [1.82, 2.24) is 20.1 Å². The molecule has 5 rings (SSSR count). The third-order valence-electron chi connectivity index (χ3n) is 6.33. The van der Waals surface area contributed by atoms with Crippen LogP contribution in [0.4, 0.5) is 23.1 Å². The van der Waals surface area contributed by atoms with Gasteiger partial charge in [-0.1, -0.05) is 22.0 Å². The molecule has 35 heavy (non-hydrogen) atoms. The molecule has 0 saturated carbocycles. The number of rotatable bonds is 5. The second kappa shape index (κ2) is 9.99. The Hall–Kier alpha value is -3.53. The topological polar surface area (TPSA) is 94.6 Å². The Labute approximate surface area is 212 Å². The van der Waals surface area contributed by atoms with Crippen molar-refractivity contribution >= 4 is 50.9 Å². The highest BCUT2D eigenvalue weighted by Crippen LogP contribution is 2.28. The van der Waals surface area contributed by atoms with E-state index in [-0.39, 0.29) is 24.2 Å². The maximum atomic E-state index is 13.2. The molecule has 0 spiro atoms. The van der Waals surface area contributed by atoms with E-state index in [9.17, 15) is 9.59 Å². The first-order valence-electron chi connectivity index (χ1n) is 11.6. The molecule has 2 aliphatic rings. The van der Waals surface area contributed by atoms with Gasteiger partial charge in [-0.3, -0.25) is 9.59 Å². The quantitative estimate of drug-likeness (QED) is 0.535. The average molecular weight is 536 g/mol. The third kappa shape index (κ3) is 5.27. The van der Waals surface area contributed by atoms with Gasteiger partial charge in [-0.15, -0.1) is 10.2 Å². The summed E-state index contributed by atoms with van der Waals surface area (Å²) in [5.74, 6) is 1.85. The standard InChI is InChI=1S/C25H26BrN7O2/c1-17-7-8-27-22(13-17)28-21-5-6-23(30-29-21)31-9-11-32(12-10-31)25(35)18-14-24(34)33(16-18)20-4-2-3-19(26)15-20/h2-8,13,15,18H,9-12,14,16H2,1H3,(H,27,28,29). The van der Waals surface area contributed by atoms with Gasteiger partial charge in [0.15, 0.2) is 11.6 Å². The molecule has 10 heteroatoms. The number of halogens is 1. The molecule has 2 fully saturated rings. The second-order valence-corrected chi connectivity index (χ2v) is 9.73. The minimum absolute atomic E-state index is 0.00933. The number of carbonyl (C=O) groups excluding carboxylic acids is 2. The van der Waals surface area contributed by atoms with Gasteiger partial charge in [0.2, 0.25) is 11.8 Å². The van der Waals surface area contributed by atoms with Gasteiger partial charge >= 0.3 is 0 Å². The van der Waals surface area contributed by atoms with Crippen LogP contribution in [0.5, 0.6) is 0 Å². The van der Waals surface area contributed by atoms with Crippen molar-refractivity contribution in [3.63, 3.8) is 0 Å². The number of aromatic nitrogens is 3. The summed E-state index contributed by atoms with van der Waals surface area (Å²) in [6, 6.07) is 15.3. The maximum absolute atomic E-state index is 13.2. The summed E-state index contributed by atoms with van der Waals surface area (Å²) in [5.41, 5.74) is 1.93. The van der Waals surface area contributed by atoms with Crippen LogP contribution < -0.4 is 15.1 Å². The van der Waals surface area contributed by atoms with Gasteiger partial charge in [-0.2, -0.15) is 0 Å². The lowest BCUT2D eigenvalue weighted by atomic mass is 10.1. The number of amides is 2. The van der Waals surface area contributed by atoms with Crippen molar-refractivity contribution < 1.29 is 9.59 Å². The number of anilines is 4. The summed E-state index contributed by atoms with van der Waals surface area (Å²) in [4.78, 5) is 35.7. The summed E-state index contributed by atoms with van der Waals surface area (Å²) in [6.07, 6.45) is 2.00. The van der Waals surface area contributed by atoms with Gasteiger partial charge in [0, 0.05) is 55.5 Å². The smallest absolute Gasteiger partial charge is 0.228 e. The second-order valence-electron chi connectivity index (χ2n) is 8.82. The van der Waals surface area contributed by atoms with Crippen LogP contribution in [0.15, 0.2) is 59.2 Å². The minimum atomic E-state index is -0.312. The Bertz CT molecular complexity index is 1230. The van der Waals surface area contributed by atoms with Crippen LogP contribution in [-0.2, 0) is 9.59 Å². The van der Waals surface area contributed by atoms with Gasteiger partial charge < -0.3 is 20.0 Å². The normalized spacial score (nSPS) is 18.2. The molecule has 2 saturated heterocycles. The predicted molar refractivity (Wildman–Crippen MR) is 138 cm³/mol. The molecule has 180 valence electrons. The van der Waals surface area contributed by atoms with E-state index in [4.69, 9.17) is 0 Å². The van der Waals surface area contributed by atoms with Crippen LogP contribution in [0.3, 0.4) is 0 Å². The Morgan fingerprint density at radius 3 is 2.57 bits per heavy atom. The number of aryl methyl sites for hydroxylation is 1. The molecule has 2 amide bonds. The summed E-state index contributed by atoms with van der Waals surface area (Å²) in [5, 5.41) is 11.8. The maximum Gasteiger partial charge on any atom is 0.228 e. The van der Waals surface area contributed by atoms with Gasteiger partial charge in [-0.25, -0.2) is 4.98 Å². The van der Waals surface area contributed by atoms with Crippen LogP contribution in [0, 0.1) is 12.8 Å². The fourth-order valence-corrected chi connectivity index (χ4v) is 4.86. The molecule has 3 aromatic rings. The highest BCUT2D eigenvalue weighted by atomic mass is 79.9. The molecule has 0 bridgehead atoms. The molecule has 2 aromatic heterocycles. The Morgan fingerprint density at radius 1 is 1.03 bits per heavy atom. The minimum Gasteiger partial charge on any atom is -0.352 e.